The van der Waals surface area contributed by atoms with E-state index in [1.165, 1.54) is 20.7 Å². The SMILES string of the molecule is CCc1ccc(C(OC(c2ccc(CC)nc2)[Si](c2ccccc2)(c2ccccc2)C(C)(C)C)[Si](c2ccccc2)(c2ccccc2)C(C)(C)C)cn1. The molecule has 0 aliphatic carbocycles. The van der Waals surface area contributed by atoms with Gasteiger partial charge in [0.05, 0.1) is 11.5 Å². The van der Waals surface area contributed by atoms with Gasteiger partial charge in [0.1, 0.15) is 0 Å². The summed E-state index contributed by atoms with van der Waals surface area (Å²) >= 11 is 0. The van der Waals surface area contributed by atoms with Crippen molar-refractivity contribution in [3.8, 4) is 0 Å². The van der Waals surface area contributed by atoms with Crippen molar-refractivity contribution in [2.45, 2.75) is 89.8 Å². The van der Waals surface area contributed by atoms with Crippen LogP contribution in [-0.4, -0.2) is 26.1 Å². The summed E-state index contributed by atoms with van der Waals surface area (Å²) in [4.78, 5) is 10.1. The Balaban J connectivity index is 1.78. The maximum absolute atomic E-state index is 8.41. The van der Waals surface area contributed by atoms with Gasteiger partial charge < -0.3 is 4.74 Å². The normalized spacial score (nSPS) is 13.7. The fourth-order valence-corrected chi connectivity index (χ4v) is 20.8. The molecule has 272 valence electrons. The van der Waals surface area contributed by atoms with Crippen molar-refractivity contribution in [2.75, 3.05) is 0 Å². The molecule has 2 unspecified atom stereocenters. The molecule has 0 saturated heterocycles. The molecule has 0 radical (unpaired) electrons. The van der Waals surface area contributed by atoms with Crippen molar-refractivity contribution in [3.63, 3.8) is 0 Å². The number of pyridine rings is 2. The minimum Gasteiger partial charge on any atom is -0.371 e. The Labute approximate surface area is 320 Å². The van der Waals surface area contributed by atoms with Crippen LogP contribution in [-0.2, 0) is 17.6 Å². The summed E-state index contributed by atoms with van der Waals surface area (Å²) in [5, 5.41) is 5.05. The second kappa shape index (κ2) is 15.9. The molecular weight excluding hydrogens is 677 g/mol. The number of rotatable bonds is 12. The fourth-order valence-electron chi connectivity index (χ4n) is 8.86. The number of aromatic nitrogens is 2. The summed E-state index contributed by atoms with van der Waals surface area (Å²) in [7, 11) is -5.92. The second-order valence-corrected chi connectivity index (χ2v) is 25.9. The van der Waals surface area contributed by atoms with Gasteiger partial charge in [-0.05, 0) is 46.2 Å². The van der Waals surface area contributed by atoms with Gasteiger partial charge in [0, 0.05) is 23.8 Å². The number of hydrogen-bond donors (Lipinski definition) is 0. The molecule has 5 heteroatoms. The summed E-state index contributed by atoms with van der Waals surface area (Å²) in [6.45, 7) is 18.9. The van der Waals surface area contributed by atoms with Gasteiger partial charge in [0.15, 0.2) is 16.1 Å². The van der Waals surface area contributed by atoms with Crippen LogP contribution in [0.15, 0.2) is 158 Å². The first-order valence-electron chi connectivity index (χ1n) is 19.3. The predicted octanol–water partition coefficient (Wildman–Crippen LogP) is 9.61. The van der Waals surface area contributed by atoms with E-state index in [4.69, 9.17) is 14.7 Å². The molecule has 6 rings (SSSR count). The van der Waals surface area contributed by atoms with Crippen LogP contribution in [0.3, 0.4) is 0 Å². The molecule has 2 heterocycles. The lowest BCUT2D eigenvalue weighted by molar-refractivity contribution is 0.0644. The zero-order chi connectivity index (χ0) is 37.7. The monoisotopic (exact) mass is 732 g/mol. The van der Waals surface area contributed by atoms with E-state index in [9.17, 15) is 0 Å². The molecule has 0 fully saturated rings. The first kappa shape index (κ1) is 38.3. The summed E-state index contributed by atoms with van der Waals surface area (Å²) < 4.78 is 8.41. The molecular formula is C48H56N2OSi2. The minimum absolute atomic E-state index is 0.176. The zero-order valence-corrected chi connectivity index (χ0v) is 34.9. The molecule has 3 nitrogen and oxygen atoms in total. The molecule has 0 bridgehead atoms. The van der Waals surface area contributed by atoms with E-state index in [1.807, 2.05) is 0 Å². The first-order valence-corrected chi connectivity index (χ1v) is 23.4. The van der Waals surface area contributed by atoms with Gasteiger partial charge in [-0.2, -0.15) is 0 Å². The molecule has 0 spiro atoms. The molecule has 0 aliphatic heterocycles. The van der Waals surface area contributed by atoms with Crippen molar-refractivity contribution in [1.82, 2.24) is 9.97 Å². The molecule has 0 saturated carbocycles. The molecule has 4 aromatic carbocycles. The van der Waals surface area contributed by atoms with Gasteiger partial charge in [0.25, 0.3) is 0 Å². The van der Waals surface area contributed by atoms with Crippen molar-refractivity contribution in [2.24, 2.45) is 0 Å². The maximum Gasteiger partial charge on any atom is 0.159 e. The minimum atomic E-state index is -2.96. The van der Waals surface area contributed by atoms with Gasteiger partial charge >= 0.3 is 0 Å². The van der Waals surface area contributed by atoms with Crippen LogP contribution >= 0.6 is 0 Å². The highest BCUT2D eigenvalue weighted by Crippen LogP contribution is 2.51. The van der Waals surface area contributed by atoms with Gasteiger partial charge in [-0.25, -0.2) is 0 Å². The largest absolute Gasteiger partial charge is 0.371 e. The Morgan fingerprint density at radius 1 is 0.434 bits per heavy atom. The Bertz CT molecular complexity index is 1790. The summed E-state index contributed by atoms with van der Waals surface area (Å²) in [6, 6.07) is 54.0. The van der Waals surface area contributed by atoms with Gasteiger partial charge in [0.2, 0.25) is 0 Å². The van der Waals surface area contributed by atoms with Gasteiger partial charge in [-0.1, -0.05) is 210 Å². The highest BCUT2D eigenvalue weighted by molar-refractivity contribution is 7.06. The Morgan fingerprint density at radius 2 is 0.717 bits per heavy atom. The summed E-state index contributed by atoms with van der Waals surface area (Å²) in [5.41, 5.74) is 3.80. The molecule has 2 aromatic heterocycles. The highest BCUT2D eigenvalue weighted by atomic mass is 28.3. The third-order valence-electron chi connectivity index (χ3n) is 11.4. The third-order valence-corrected chi connectivity index (χ3v) is 23.6. The van der Waals surface area contributed by atoms with Crippen LogP contribution in [0.1, 0.15) is 89.4 Å². The van der Waals surface area contributed by atoms with E-state index in [2.05, 4.69) is 213 Å². The molecule has 6 aromatic rings. The van der Waals surface area contributed by atoms with Crippen LogP contribution in [0.2, 0.25) is 10.1 Å². The quantitative estimate of drug-likeness (QED) is 0.118. The molecule has 0 amide bonds. The van der Waals surface area contributed by atoms with Crippen LogP contribution in [0, 0.1) is 0 Å². The Kier molecular flexibility index (Phi) is 11.5. The highest BCUT2D eigenvalue weighted by Gasteiger charge is 2.60. The lowest BCUT2D eigenvalue weighted by Crippen LogP contribution is -2.72. The molecule has 2 atom stereocenters. The average Bonchev–Trinajstić information content (AvgIpc) is 3.18. The Morgan fingerprint density at radius 3 is 0.925 bits per heavy atom. The topological polar surface area (TPSA) is 35.0 Å². The number of aryl methyl sites for hydroxylation is 2. The van der Waals surface area contributed by atoms with E-state index in [1.54, 1.807) is 0 Å². The smallest absolute Gasteiger partial charge is 0.159 e. The zero-order valence-electron chi connectivity index (χ0n) is 32.9. The summed E-state index contributed by atoms with van der Waals surface area (Å²) in [6.07, 6.45) is 5.99. The van der Waals surface area contributed by atoms with Crippen LogP contribution < -0.4 is 20.7 Å². The van der Waals surface area contributed by atoms with E-state index in [0.717, 1.165) is 35.4 Å². The number of ether oxygens (including phenoxy) is 1. The van der Waals surface area contributed by atoms with Crippen molar-refractivity contribution < 1.29 is 4.74 Å². The predicted molar refractivity (Wildman–Crippen MR) is 229 cm³/mol. The number of benzene rings is 4. The summed E-state index contributed by atoms with van der Waals surface area (Å²) in [5.74, 6) is 0. The van der Waals surface area contributed by atoms with Crippen LogP contribution in [0.4, 0.5) is 0 Å². The van der Waals surface area contributed by atoms with Crippen LogP contribution in [0.25, 0.3) is 0 Å². The lowest BCUT2D eigenvalue weighted by atomic mass is 10.2. The fraction of sp³-hybridized carbons (Fsp3) is 0.292. The van der Waals surface area contributed by atoms with Gasteiger partial charge in [-0.3, -0.25) is 9.97 Å². The van der Waals surface area contributed by atoms with Crippen molar-refractivity contribution in [3.05, 3.63) is 181 Å². The second-order valence-electron chi connectivity index (χ2n) is 16.3. The Hall–Kier alpha value is -4.43. The molecule has 0 N–H and O–H groups in total. The maximum atomic E-state index is 8.41. The van der Waals surface area contributed by atoms with Crippen molar-refractivity contribution in [1.29, 1.82) is 0 Å². The van der Waals surface area contributed by atoms with E-state index in [0.29, 0.717) is 0 Å². The third kappa shape index (κ3) is 7.15. The van der Waals surface area contributed by atoms with E-state index in [-0.39, 0.29) is 21.5 Å². The first-order chi connectivity index (χ1) is 25.5. The van der Waals surface area contributed by atoms with E-state index < -0.39 is 16.1 Å². The average molecular weight is 733 g/mol. The van der Waals surface area contributed by atoms with Crippen molar-refractivity contribution >= 4 is 36.9 Å². The molecule has 53 heavy (non-hydrogen) atoms. The van der Waals surface area contributed by atoms with E-state index >= 15 is 0 Å². The van der Waals surface area contributed by atoms with Crippen LogP contribution in [0.5, 0.6) is 0 Å². The number of hydrogen-bond acceptors (Lipinski definition) is 3. The lowest BCUT2D eigenvalue weighted by Gasteiger charge is -2.54. The van der Waals surface area contributed by atoms with Gasteiger partial charge in [-0.15, -0.1) is 0 Å². The molecule has 0 aliphatic rings. The standard InChI is InChI=1S/C48H56N2OSi2/c1-9-39-33-31-37(35-49-39)45(52(47(3,4)5,41-23-15-11-16-24-41)42-25-17-12-18-26-42)51-46(38-32-34-40(10-2)50-36-38)53(48(6,7)8,43-27-19-13-20-28-43)44-29-21-14-22-30-44/h11-36,45-46H,9-10H2,1-8H3. The number of nitrogens with zero attached hydrogens (tertiary/aromatic N) is 2.